The number of fused-ring (bicyclic) bond motifs is 1. The van der Waals surface area contributed by atoms with Gasteiger partial charge in [-0.1, -0.05) is 6.07 Å². The molecule has 0 bridgehead atoms. The number of hydrogen-bond acceptors (Lipinski definition) is 4. The largest absolute Gasteiger partial charge is 0.491 e. The number of ether oxygens (including phenoxy) is 1. The van der Waals surface area contributed by atoms with E-state index in [1.54, 1.807) is 23.7 Å². The Labute approximate surface area is 122 Å². The monoisotopic (exact) mass is 290 g/mol. The van der Waals surface area contributed by atoms with Crippen molar-refractivity contribution >= 4 is 11.8 Å². The first kappa shape index (κ1) is 13.9. The van der Waals surface area contributed by atoms with Gasteiger partial charge in [-0.25, -0.2) is 5.48 Å². The Morgan fingerprint density at radius 3 is 2.90 bits per heavy atom. The van der Waals surface area contributed by atoms with Gasteiger partial charge in [-0.05, 0) is 30.9 Å². The summed E-state index contributed by atoms with van der Waals surface area (Å²) in [5, 5.41) is 8.66. The minimum Gasteiger partial charge on any atom is -0.491 e. The fraction of sp³-hybridized carbons (Fsp3) is 0.467. The van der Waals surface area contributed by atoms with Crippen LogP contribution >= 0.6 is 0 Å². The minimum atomic E-state index is -0.577. The van der Waals surface area contributed by atoms with E-state index >= 15 is 0 Å². The Morgan fingerprint density at radius 1 is 1.38 bits per heavy atom. The smallest absolute Gasteiger partial charge is 0.274 e. The molecule has 6 nitrogen and oxygen atoms in total. The molecule has 0 unspecified atom stereocenters. The Balaban J connectivity index is 1.75. The predicted octanol–water partition coefficient (Wildman–Crippen LogP) is 1.33. The van der Waals surface area contributed by atoms with Gasteiger partial charge in [0.15, 0.2) is 0 Å². The molecule has 0 saturated heterocycles. The summed E-state index contributed by atoms with van der Waals surface area (Å²) in [6.45, 7) is 1.47. The number of amides is 2. The number of nitrogens with one attached hydrogen (secondary N) is 1. The first-order chi connectivity index (χ1) is 10.2. The third-order valence-corrected chi connectivity index (χ3v) is 3.92. The highest BCUT2D eigenvalue weighted by atomic mass is 16.5. The van der Waals surface area contributed by atoms with Gasteiger partial charge in [0, 0.05) is 24.1 Å². The zero-order valence-electron chi connectivity index (χ0n) is 11.7. The number of benzene rings is 1. The molecule has 2 amide bonds. The summed E-state index contributed by atoms with van der Waals surface area (Å²) in [7, 11) is 0. The van der Waals surface area contributed by atoms with Crippen LogP contribution in [0.1, 0.15) is 35.2 Å². The van der Waals surface area contributed by atoms with Crippen LogP contribution < -0.4 is 10.2 Å². The van der Waals surface area contributed by atoms with Crippen LogP contribution in [0.4, 0.5) is 0 Å². The number of hydrogen-bond donors (Lipinski definition) is 2. The lowest BCUT2D eigenvalue weighted by Gasteiger charge is -2.19. The van der Waals surface area contributed by atoms with Gasteiger partial charge in [0.2, 0.25) is 5.91 Å². The molecule has 0 spiro atoms. The predicted molar refractivity (Wildman–Crippen MR) is 73.9 cm³/mol. The molecule has 0 aromatic heterocycles. The van der Waals surface area contributed by atoms with Crippen LogP contribution in [0.5, 0.6) is 5.75 Å². The van der Waals surface area contributed by atoms with E-state index in [1.165, 1.54) is 0 Å². The van der Waals surface area contributed by atoms with Gasteiger partial charge in [0.25, 0.3) is 5.91 Å². The Morgan fingerprint density at radius 2 is 2.19 bits per heavy atom. The molecule has 6 heteroatoms. The average molecular weight is 290 g/mol. The summed E-state index contributed by atoms with van der Waals surface area (Å²) >= 11 is 0. The van der Waals surface area contributed by atoms with Gasteiger partial charge in [-0.2, -0.15) is 0 Å². The second-order valence-electron chi connectivity index (χ2n) is 5.57. The topological polar surface area (TPSA) is 78.9 Å². The number of carbonyl (C=O) groups is 2. The fourth-order valence-electron chi connectivity index (χ4n) is 2.49. The van der Waals surface area contributed by atoms with E-state index < -0.39 is 5.91 Å². The van der Waals surface area contributed by atoms with Crippen LogP contribution in [-0.2, 0) is 11.3 Å². The van der Waals surface area contributed by atoms with E-state index in [1.807, 2.05) is 4.90 Å². The highest BCUT2D eigenvalue weighted by Crippen LogP contribution is 2.33. The minimum absolute atomic E-state index is 0.172. The van der Waals surface area contributed by atoms with Gasteiger partial charge in [-0.3, -0.25) is 14.8 Å². The van der Waals surface area contributed by atoms with Crippen molar-refractivity contribution in [2.24, 2.45) is 5.92 Å². The van der Waals surface area contributed by atoms with Gasteiger partial charge >= 0.3 is 0 Å². The van der Waals surface area contributed by atoms with Crippen molar-refractivity contribution in [1.29, 1.82) is 0 Å². The zero-order valence-corrected chi connectivity index (χ0v) is 11.7. The molecular weight excluding hydrogens is 272 g/mol. The first-order valence-corrected chi connectivity index (χ1v) is 7.15. The summed E-state index contributed by atoms with van der Waals surface area (Å²) in [4.78, 5) is 25.4. The first-order valence-electron chi connectivity index (χ1n) is 7.15. The standard InChI is InChI=1S/C15H18N2O4/c18-14(7-10-1-2-10)17-5-6-21-13-8-11(15(19)16-20)3-4-12(13)9-17/h3-4,8,10,20H,1-2,5-7,9H2,(H,16,19). The van der Waals surface area contributed by atoms with Crippen LogP contribution in [0, 0.1) is 5.92 Å². The third-order valence-electron chi connectivity index (χ3n) is 3.92. The van der Waals surface area contributed by atoms with Crippen molar-refractivity contribution in [2.45, 2.75) is 25.8 Å². The second kappa shape index (κ2) is 5.73. The lowest BCUT2D eigenvalue weighted by molar-refractivity contribution is -0.132. The number of rotatable bonds is 3. The molecule has 1 fully saturated rings. The van der Waals surface area contributed by atoms with Gasteiger partial charge in [0.1, 0.15) is 12.4 Å². The maximum Gasteiger partial charge on any atom is 0.274 e. The molecule has 1 aromatic rings. The highest BCUT2D eigenvalue weighted by Gasteiger charge is 2.28. The quantitative estimate of drug-likeness (QED) is 0.650. The number of nitrogens with zero attached hydrogens (tertiary/aromatic N) is 1. The van der Waals surface area contributed by atoms with Gasteiger partial charge < -0.3 is 9.64 Å². The molecule has 2 aliphatic rings. The molecule has 2 N–H and O–H groups in total. The van der Waals surface area contributed by atoms with Crippen molar-refractivity contribution in [3.05, 3.63) is 29.3 Å². The maximum absolute atomic E-state index is 12.2. The lowest BCUT2D eigenvalue weighted by atomic mass is 10.1. The van der Waals surface area contributed by atoms with E-state index in [0.717, 1.165) is 18.4 Å². The number of hydroxylamine groups is 1. The summed E-state index contributed by atoms with van der Waals surface area (Å²) in [6, 6.07) is 4.97. The van der Waals surface area contributed by atoms with Crippen LogP contribution in [0.3, 0.4) is 0 Å². The van der Waals surface area contributed by atoms with Gasteiger partial charge in [-0.15, -0.1) is 0 Å². The Hall–Kier alpha value is -2.08. The van der Waals surface area contributed by atoms with E-state index in [4.69, 9.17) is 9.94 Å². The average Bonchev–Trinajstić information content (AvgIpc) is 3.31. The molecular formula is C15H18N2O4. The van der Waals surface area contributed by atoms with Gasteiger partial charge in [0.05, 0.1) is 6.54 Å². The fourth-order valence-corrected chi connectivity index (χ4v) is 2.49. The molecule has 112 valence electrons. The molecule has 21 heavy (non-hydrogen) atoms. The van der Waals surface area contributed by atoms with Crippen molar-refractivity contribution in [1.82, 2.24) is 10.4 Å². The van der Waals surface area contributed by atoms with Crippen molar-refractivity contribution in [3.8, 4) is 5.75 Å². The Bertz CT molecular complexity index is 569. The van der Waals surface area contributed by atoms with E-state index in [9.17, 15) is 9.59 Å². The second-order valence-corrected chi connectivity index (χ2v) is 5.57. The SMILES string of the molecule is O=C(NO)c1ccc2c(c1)OCCN(C(=O)CC1CC1)C2. The number of carbonyl (C=O) groups excluding carboxylic acids is 2. The summed E-state index contributed by atoms with van der Waals surface area (Å²) in [6.07, 6.45) is 2.94. The summed E-state index contributed by atoms with van der Waals surface area (Å²) < 4.78 is 5.63. The molecule has 1 aromatic carbocycles. The molecule has 0 atom stereocenters. The van der Waals surface area contributed by atoms with Crippen molar-refractivity contribution in [3.63, 3.8) is 0 Å². The van der Waals surface area contributed by atoms with E-state index in [-0.39, 0.29) is 5.91 Å². The molecule has 1 saturated carbocycles. The maximum atomic E-state index is 12.2. The van der Waals surface area contributed by atoms with Crippen LogP contribution in [0.2, 0.25) is 0 Å². The normalized spacial score (nSPS) is 17.5. The van der Waals surface area contributed by atoms with Crippen molar-refractivity contribution < 1.29 is 19.5 Å². The Kier molecular flexibility index (Phi) is 3.79. The van der Waals surface area contributed by atoms with E-state index in [0.29, 0.717) is 43.3 Å². The third kappa shape index (κ3) is 3.16. The van der Waals surface area contributed by atoms with Crippen molar-refractivity contribution in [2.75, 3.05) is 13.2 Å². The summed E-state index contributed by atoms with van der Waals surface area (Å²) in [5.41, 5.74) is 2.81. The molecule has 0 radical (unpaired) electrons. The van der Waals surface area contributed by atoms with Crippen LogP contribution in [0.25, 0.3) is 0 Å². The highest BCUT2D eigenvalue weighted by molar-refractivity contribution is 5.93. The van der Waals surface area contributed by atoms with Crippen LogP contribution in [-0.4, -0.2) is 35.1 Å². The summed E-state index contributed by atoms with van der Waals surface area (Å²) in [5.74, 6) is 0.757. The lowest BCUT2D eigenvalue weighted by Crippen LogP contribution is -2.32. The molecule has 1 aliphatic heterocycles. The molecule has 1 heterocycles. The molecule has 1 aliphatic carbocycles. The molecule has 3 rings (SSSR count). The van der Waals surface area contributed by atoms with E-state index in [2.05, 4.69) is 0 Å². The van der Waals surface area contributed by atoms with Crippen LogP contribution in [0.15, 0.2) is 18.2 Å². The zero-order chi connectivity index (χ0) is 14.8.